The standard InChI is InChI=1S/C15H22N2O/c1-12-5-2-3-6-13(12)8-9-15(18)17-10-4-7-14(16)11-17/h2-3,5-6,14H,4,7-11,16H2,1H3/t14-/m0/s1. The van der Waals surface area contributed by atoms with Gasteiger partial charge < -0.3 is 10.6 Å². The second-order valence-electron chi connectivity index (χ2n) is 5.17. The molecular weight excluding hydrogens is 224 g/mol. The molecule has 2 rings (SSSR count). The predicted octanol–water partition coefficient (Wildman–Crippen LogP) is 1.88. The van der Waals surface area contributed by atoms with Crippen molar-refractivity contribution in [3.8, 4) is 0 Å². The first-order valence-electron chi connectivity index (χ1n) is 6.74. The van der Waals surface area contributed by atoms with Gasteiger partial charge in [0.2, 0.25) is 5.91 Å². The van der Waals surface area contributed by atoms with Crippen molar-refractivity contribution in [2.45, 2.75) is 38.6 Å². The number of amides is 1. The SMILES string of the molecule is Cc1ccccc1CCC(=O)N1CCC[C@H](N)C1. The van der Waals surface area contributed by atoms with Crippen LogP contribution in [0.2, 0.25) is 0 Å². The summed E-state index contributed by atoms with van der Waals surface area (Å²) in [5.74, 6) is 0.244. The fourth-order valence-electron chi connectivity index (χ4n) is 2.53. The van der Waals surface area contributed by atoms with E-state index >= 15 is 0 Å². The van der Waals surface area contributed by atoms with Crippen LogP contribution in [0.3, 0.4) is 0 Å². The summed E-state index contributed by atoms with van der Waals surface area (Å²) in [4.78, 5) is 14.0. The first-order chi connectivity index (χ1) is 8.66. The van der Waals surface area contributed by atoms with Gasteiger partial charge in [-0.3, -0.25) is 4.79 Å². The lowest BCUT2D eigenvalue weighted by Crippen LogP contribution is -2.45. The first kappa shape index (κ1) is 13.1. The van der Waals surface area contributed by atoms with Crippen LogP contribution in [0.15, 0.2) is 24.3 Å². The van der Waals surface area contributed by atoms with E-state index in [-0.39, 0.29) is 11.9 Å². The van der Waals surface area contributed by atoms with Gasteiger partial charge in [-0.25, -0.2) is 0 Å². The van der Waals surface area contributed by atoms with Crippen LogP contribution in [0, 0.1) is 6.92 Å². The maximum atomic E-state index is 12.1. The number of aryl methyl sites for hydroxylation is 2. The molecule has 1 atom stereocenters. The summed E-state index contributed by atoms with van der Waals surface area (Å²) in [5, 5.41) is 0. The molecule has 98 valence electrons. The van der Waals surface area contributed by atoms with Gasteiger partial charge in [0.25, 0.3) is 0 Å². The summed E-state index contributed by atoms with van der Waals surface area (Å²) in [6, 6.07) is 8.43. The Morgan fingerprint density at radius 2 is 2.22 bits per heavy atom. The van der Waals surface area contributed by atoms with Gasteiger partial charge in [0, 0.05) is 25.6 Å². The molecular formula is C15H22N2O. The highest BCUT2D eigenvalue weighted by Gasteiger charge is 2.20. The van der Waals surface area contributed by atoms with Crippen LogP contribution in [0.25, 0.3) is 0 Å². The molecule has 1 aromatic rings. The quantitative estimate of drug-likeness (QED) is 0.885. The Morgan fingerprint density at radius 1 is 1.44 bits per heavy atom. The number of nitrogens with two attached hydrogens (primary N) is 1. The lowest BCUT2D eigenvalue weighted by Gasteiger charge is -2.30. The van der Waals surface area contributed by atoms with Crippen molar-refractivity contribution in [1.29, 1.82) is 0 Å². The maximum absolute atomic E-state index is 12.1. The fraction of sp³-hybridized carbons (Fsp3) is 0.533. The molecule has 0 saturated carbocycles. The lowest BCUT2D eigenvalue weighted by molar-refractivity contribution is -0.132. The third-order valence-electron chi connectivity index (χ3n) is 3.68. The largest absolute Gasteiger partial charge is 0.341 e. The second-order valence-corrected chi connectivity index (χ2v) is 5.17. The average Bonchev–Trinajstić information content (AvgIpc) is 2.37. The molecule has 18 heavy (non-hydrogen) atoms. The maximum Gasteiger partial charge on any atom is 0.222 e. The van der Waals surface area contributed by atoms with Gasteiger partial charge >= 0.3 is 0 Å². The second kappa shape index (κ2) is 6.01. The van der Waals surface area contributed by atoms with Gasteiger partial charge in [-0.1, -0.05) is 24.3 Å². The number of hydrogen-bond acceptors (Lipinski definition) is 2. The third-order valence-corrected chi connectivity index (χ3v) is 3.68. The molecule has 3 nitrogen and oxygen atoms in total. The molecule has 1 aliphatic heterocycles. The summed E-state index contributed by atoms with van der Waals surface area (Å²) in [7, 11) is 0. The molecule has 1 heterocycles. The minimum atomic E-state index is 0.168. The Balaban J connectivity index is 1.86. The van der Waals surface area contributed by atoms with E-state index in [4.69, 9.17) is 5.73 Å². The van der Waals surface area contributed by atoms with E-state index in [2.05, 4.69) is 19.1 Å². The van der Waals surface area contributed by atoms with Gasteiger partial charge in [0.15, 0.2) is 0 Å². The molecule has 0 unspecified atom stereocenters. The zero-order valence-electron chi connectivity index (χ0n) is 11.1. The van der Waals surface area contributed by atoms with E-state index in [0.717, 1.165) is 32.4 Å². The first-order valence-corrected chi connectivity index (χ1v) is 6.74. The van der Waals surface area contributed by atoms with E-state index in [0.29, 0.717) is 6.42 Å². The fourth-order valence-corrected chi connectivity index (χ4v) is 2.53. The Labute approximate surface area is 109 Å². The Bertz CT molecular complexity index is 417. The Kier molecular flexibility index (Phi) is 4.37. The van der Waals surface area contributed by atoms with Gasteiger partial charge in [-0.05, 0) is 37.3 Å². The molecule has 0 aromatic heterocycles. The van der Waals surface area contributed by atoms with Crippen LogP contribution in [0.1, 0.15) is 30.4 Å². The predicted molar refractivity (Wildman–Crippen MR) is 73.3 cm³/mol. The molecule has 0 bridgehead atoms. The van der Waals surface area contributed by atoms with Crippen molar-refractivity contribution in [3.63, 3.8) is 0 Å². The summed E-state index contributed by atoms with van der Waals surface area (Å²) >= 11 is 0. The van der Waals surface area contributed by atoms with Gasteiger partial charge in [0.05, 0.1) is 0 Å². The average molecular weight is 246 g/mol. The zero-order valence-corrected chi connectivity index (χ0v) is 11.1. The minimum Gasteiger partial charge on any atom is -0.341 e. The molecule has 1 saturated heterocycles. The van der Waals surface area contributed by atoms with Gasteiger partial charge in [0.1, 0.15) is 0 Å². The molecule has 1 aromatic carbocycles. The highest BCUT2D eigenvalue weighted by atomic mass is 16.2. The monoisotopic (exact) mass is 246 g/mol. The summed E-state index contributed by atoms with van der Waals surface area (Å²) in [5.41, 5.74) is 8.44. The van der Waals surface area contributed by atoms with Crippen molar-refractivity contribution >= 4 is 5.91 Å². The molecule has 0 radical (unpaired) electrons. The summed E-state index contributed by atoms with van der Waals surface area (Å²) in [6.07, 6.45) is 3.51. The number of likely N-dealkylation sites (tertiary alicyclic amines) is 1. The number of rotatable bonds is 3. The van der Waals surface area contributed by atoms with E-state index in [1.807, 2.05) is 17.0 Å². The van der Waals surface area contributed by atoms with E-state index < -0.39 is 0 Å². The Morgan fingerprint density at radius 3 is 2.94 bits per heavy atom. The number of carbonyl (C=O) groups is 1. The highest BCUT2D eigenvalue weighted by Crippen LogP contribution is 2.13. The van der Waals surface area contributed by atoms with Gasteiger partial charge in [-0.15, -0.1) is 0 Å². The van der Waals surface area contributed by atoms with E-state index in [1.54, 1.807) is 0 Å². The molecule has 1 amide bonds. The van der Waals surface area contributed by atoms with Crippen molar-refractivity contribution < 1.29 is 4.79 Å². The van der Waals surface area contributed by atoms with Crippen LogP contribution >= 0.6 is 0 Å². The normalized spacial score (nSPS) is 19.9. The smallest absolute Gasteiger partial charge is 0.222 e. The molecule has 1 aliphatic rings. The number of carbonyl (C=O) groups excluding carboxylic acids is 1. The van der Waals surface area contributed by atoms with Crippen LogP contribution in [0.4, 0.5) is 0 Å². The summed E-state index contributed by atoms with van der Waals surface area (Å²) < 4.78 is 0. The van der Waals surface area contributed by atoms with Crippen molar-refractivity contribution in [1.82, 2.24) is 4.90 Å². The van der Waals surface area contributed by atoms with Crippen LogP contribution in [-0.2, 0) is 11.2 Å². The van der Waals surface area contributed by atoms with E-state index in [1.165, 1.54) is 11.1 Å². The van der Waals surface area contributed by atoms with Crippen molar-refractivity contribution in [2.24, 2.45) is 5.73 Å². The highest BCUT2D eigenvalue weighted by molar-refractivity contribution is 5.76. The number of piperidine rings is 1. The number of nitrogens with zero attached hydrogens (tertiary/aromatic N) is 1. The van der Waals surface area contributed by atoms with Crippen LogP contribution in [0.5, 0.6) is 0 Å². The molecule has 0 spiro atoms. The molecule has 1 fully saturated rings. The molecule has 0 aliphatic carbocycles. The topological polar surface area (TPSA) is 46.3 Å². The van der Waals surface area contributed by atoms with Crippen molar-refractivity contribution in [2.75, 3.05) is 13.1 Å². The van der Waals surface area contributed by atoms with Crippen LogP contribution < -0.4 is 5.73 Å². The van der Waals surface area contributed by atoms with Crippen molar-refractivity contribution in [3.05, 3.63) is 35.4 Å². The summed E-state index contributed by atoms with van der Waals surface area (Å²) in [6.45, 7) is 3.70. The Hall–Kier alpha value is -1.35. The van der Waals surface area contributed by atoms with Crippen LogP contribution in [-0.4, -0.2) is 29.9 Å². The van der Waals surface area contributed by atoms with Gasteiger partial charge in [-0.2, -0.15) is 0 Å². The molecule has 2 N–H and O–H groups in total. The number of benzene rings is 1. The lowest BCUT2D eigenvalue weighted by atomic mass is 10.0. The molecule has 3 heteroatoms. The number of hydrogen-bond donors (Lipinski definition) is 1. The third kappa shape index (κ3) is 3.33. The minimum absolute atomic E-state index is 0.168. The zero-order chi connectivity index (χ0) is 13.0. The van der Waals surface area contributed by atoms with E-state index in [9.17, 15) is 4.79 Å².